The highest BCUT2D eigenvalue weighted by Gasteiger charge is 2.62. The van der Waals surface area contributed by atoms with Crippen LogP contribution in [0.25, 0.3) is 0 Å². The summed E-state index contributed by atoms with van der Waals surface area (Å²) in [5, 5.41) is 30.8. The van der Waals surface area contributed by atoms with Crippen molar-refractivity contribution in [2.45, 2.75) is 63.9 Å². The molecule has 3 unspecified atom stereocenters. The number of nitriles is 1. The first kappa shape index (κ1) is 19.6. The molecule has 0 aromatic heterocycles. The van der Waals surface area contributed by atoms with Crippen molar-refractivity contribution in [1.29, 1.82) is 5.26 Å². The maximum absolute atomic E-state index is 11.9. The number of rotatable bonds is 2. The van der Waals surface area contributed by atoms with Crippen LogP contribution in [0.4, 0.5) is 0 Å². The molecule has 2 aromatic carbocycles. The molecule has 156 valence electrons. The summed E-state index contributed by atoms with van der Waals surface area (Å²) in [6, 6.07) is 15.9. The van der Waals surface area contributed by atoms with E-state index >= 15 is 0 Å². The first-order chi connectivity index (χ1) is 14.3. The van der Waals surface area contributed by atoms with Gasteiger partial charge in [0.05, 0.1) is 17.2 Å². The third kappa shape index (κ3) is 2.81. The van der Waals surface area contributed by atoms with Gasteiger partial charge in [0.15, 0.2) is 0 Å². The minimum absolute atomic E-state index is 0.0877. The van der Waals surface area contributed by atoms with E-state index in [0.717, 1.165) is 43.2 Å². The van der Waals surface area contributed by atoms with E-state index < -0.39 is 5.60 Å². The predicted molar refractivity (Wildman–Crippen MR) is 117 cm³/mol. The van der Waals surface area contributed by atoms with Crippen molar-refractivity contribution in [3.8, 4) is 11.8 Å². The fourth-order valence-corrected chi connectivity index (χ4v) is 7.54. The van der Waals surface area contributed by atoms with E-state index in [9.17, 15) is 15.5 Å². The topological polar surface area (TPSA) is 64.2 Å². The van der Waals surface area contributed by atoms with Gasteiger partial charge in [0, 0.05) is 11.8 Å². The van der Waals surface area contributed by atoms with Crippen LogP contribution in [0.2, 0.25) is 0 Å². The Morgan fingerprint density at radius 2 is 1.90 bits per heavy atom. The van der Waals surface area contributed by atoms with Crippen molar-refractivity contribution < 1.29 is 10.2 Å². The lowest BCUT2D eigenvalue weighted by molar-refractivity contribution is -0.115. The van der Waals surface area contributed by atoms with Gasteiger partial charge in [-0.2, -0.15) is 5.26 Å². The summed E-state index contributed by atoms with van der Waals surface area (Å²) >= 11 is 0. The van der Waals surface area contributed by atoms with Crippen LogP contribution in [0.5, 0.6) is 5.75 Å². The lowest BCUT2D eigenvalue weighted by Gasteiger charge is -2.56. The highest BCUT2D eigenvalue weighted by atomic mass is 16.3. The van der Waals surface area contributed by atoms with E-state index in [-0.39, 0.29) is 11.2 Å². The second-order valence-electron chi connectivity index (χ2n) is 10.4. The standard InChI is InChI=1S/C27H31NO2/c1-17-14-26(2)24(11-12-27(26,30)15-18-3-7-21(29)8-4-18)23-10-6-20-13-19(16-28)5-9-22(20)25(17)23/h3-5,7-9,13,17,23-25,29-30H,6,10-12,14-15H2,1-2H3/t17-,23?,24?,25?,26-,27+/m0/s1. The Bertz CT molecular complexity index is 1010. The van der Waals surface area contributed by atoms with Gasteiger partial charge in [0.2, 0.25) is 0 Å². The number of hydrogen-bond donors (Lipinski definition) is 2. The third-order valence-electron chi connectivity index (χ3n) is 8.90. The van der Waals surface area contributed by atoms with Gasteiger partial charge >= 0.3 is 0 Å². The average molecular weight is 402 g/mol. The van der Waals surface area contributed by atoms with Gasteiger partial charge in [-0.05, 0) is 96.7 Å². The molecule has 2 aromatic rings. The van der Waals surface area contributed by atoms with Crippen LogP contribution in [-0.2, 0) is 12.8 Å². The Morgan fingerprint density at radius 3 is 2.63 bits per heavy atom. The Hall–Kier alpha value is -2.31. The van der Waals surface area contributed by atoms with Gasteiger partial charge < -0.3 is 10.2 Å². The molecule has 3 aliphatic rings. The van der Waals surface area contributed by atoms with Crippen LogP contribution < -0.4 is 0 Å². The van der Waals surface area contributed by atoms with Gasteiger partial charge in [-0.25, -0.2) is 0 Å². The van der Waals surface area contributed by atoms with Crippen molar-refractivity contribution in [1.82, 2.24) is 0 Å². The number of aliphatic hydroxyl groups is 1. The van der Waals surface area contributed by atoms with Gasteiger partial charge in [-0.3, -0.25) is 0 Å². The number of nitrogens with zero attached hydrogens (tertiary/aromatic N) is 1. The Labute approximate surface area is 179 Å². The molecule has 3 aliphatic carbocycles. The number of benzene rings is 2. The fraction of sp³-hybridized carbons (Fsp3) is 0.519. The summed E-state index contributed by atoms with van der Waals surface area (Å²) in [5.74, 6) is 2.46. The van der Waals surface area contributed by atoms with Crippen LogP contribution in [0, 0.1) is 34.5 Å². The first-order valence-electron chi connectivity index (χ1n) is 11.4. The monoisotopic (exact) mass is 401 g/mol. The summed E-state index contributed by atoms with van der Waals surface area (Å²) in [7, 11) is 0. The minimum Gasteiger partial charge on any atom is -0.508 e. The molecule has 2 fully saturated rings. The molecular formula is C27H31NO2. The molecule has 0 radical (unpaired) electrons. The van der Waals surface area contributed by atoms with Crippen molar-refractivity contribution in [2.75, 3.05) is 0 Å². The number of hydrogen-bond acceptors (Lipinski definition) is 3. The van der Waals surface area contributed by atoms with E-state index in [2.05, 4.69) is 32.0 Å². The van der Waals surface area contributed by atoms with E-state index in [0.29, 0.717) is 30.1 Å². The molecule has 0 amide bonds. The number of phenolic OH excluding ortho intramolecular Hbond substituents is 1. The lowest BCUT2D eigenvalue weighted by atomic mass is 9.50. The zero-order valence-electron chi connectivity index (χ0n) is 17.9. The van der Waals surface area contributed by atoms with Gasteiger partial charge in [-0.15, -0.1) is 0 Å². The second-order valence-corrected chi connectivity index (χ2v) is 10.4. The molecule has 0 aliphatic heterocycles. The fourth-order valence-electron chi connectivity index (χ4n) is 7.54. The molecule has 0 saturated heterocycles. The van der Waals surface area contributed by atoms with Crippen LogP contribution in [0.1, 0.15) is 67.7 Å². The largest absolute Gasteiger partial charge is 0.508 e. The SMILES string of the molecule is C[C@H]1C[C@@]2(C)C(CC[C@@]2(O)Cc2ccc(O)cc2)C2CCc3cc(C#N)ccc3C21. The van der Waals surface area contributed by atoms with E-state index in [4.69, 9.17) is 0 Å². The summed E-state index contributed by atoms with van der Waals surface area (Å²) in [6.45, 7) is 4.71. The van der Waals surface area contributed by atoms with Gasteiger partial charge in [-0.1, -0.05) is 32.0 Å². The Kier molecular flexibility index (Phi) is 4.49. The molecule has 2 saturated carbocycles. The van der Waals surface area contributed by atoms with Crippen LogP contribution in [0.3, 0.4) is 0 Å². The Balaban J connectivity index is 1.47. The van der Waals surface area contributed by atoms with E-state index in [1.807, 2.05) is 18.2 Å². The first-order valence-corrected chi connectivity index (χ1v) is 11.4. The highest BCUT2D eigenvalue weighted by molar-refractivity contribution is 5.43. The molecule has 5 rings (SSSR count). The van der Waals surface area contributed by atoms with Gasteiger partial charge in [0.25, 0.3) is 0 Å². The number of aromatic hydroxyl groups is 1. The van der Waals surface area contributed by atoms with Crippen molar-refractivity contribution >= 4 is 0 Å². The van der Waals surface area contributed by atoms with Crippen LogP contribution in [0.15, 0.2) is 42.5 Å². The van der Waals surface area contributed by atoms with E-state index in [1.165, 1.54) is 11.1 Å². The predicted octanol–water partition coefficient (Wildman–Crippen LogP) is 5.34. The molecule has 2 N–H and O–H groups in total. The summed E-state index contributed by atoms with van der Waals surface area (Å²) in [5.41, 5.74) is 3.90. The number of phenols is 1. The van der Waals surface area contributed by atoms with E-state index in [1.54, 1.807) is 12.1 Å². The second kappa shape index (κ2) is 6.86. The lowest BCUT2D eigenvalue weighted by Crippen LogP contribution is -2.54. The average Bonchev–Trinajstić information content (AvgIpc) is 2.99. The van der Waals surface area contributed by atoms with Crippen molar-refractivity contribution in [3.05, 3.63) is 64.7 Å². The number of aryl methyl sites for hydroxylation is 1. The quantitative estimate of drug-likeness (QED) is 0.714. The Morgan fingerprint density at radius 1 is 1.13 bits per heavy atom. The molecule has 6 atom stereocenters. The minimum atomic E-state index is -0.696. The number of fused-ring (bicyclic) bond motifs is 5. The summed E-state index contributed by atoms with van der Waals surface area (Å²) < 4.78 is 0. The molecular weight excluding hydrogens is 370 g/mol. The van der Waals surface area contributed by atoms with Crippen molar-refractivity contribution in [2.24, 2.45) is 23.2 Å². The van der Waals surface area contributed by atoms with Crippen LogP contribution >= 0.6 is 0 Å². The molecule has 30 heavy (non-hydrogen) atoms. The van der Waals surface area contributed by atoms with Gasteiger partial charge in [0.1, 0.15) is 5.75 Å². The zero-order valence-corrected chi connectivity index (χ0v) is 17.9. The summed E-state index contributed by atoms with van der Waals surface area (Å²) in [4.78, 5) is 0. The van der Waals surface area contributed by atoms with Crippen molar-refractivity contribution in [3.63, 3.8) is 0 Å². The maximum atomic E-state index is 11.9. The molecule has 0 heterocycles. The molecule has 3 nitrogen and oxygen atoms in total. The molecule has 0 spiro atoms. The maximum Gasteiger partial charge on any atom is 0.115 e. The molecule has 3 heteroatoms. The molecule has 0 bridgehead atoms. The van der Waals surface area contributed by atoms with Crippen LogP contribution in [-0.4, -0.2) is 15.8 Å². The normalized spacial score (nSPS) is 37.0. The third-order valence-corrected chi connectivity index (χ3v) is 8.90. The smallest absolute Gasteiger partial charge is 0.115 e. The zero-order chi connectivity index (χ0) is 21.1. The highest BCUT2D eigenvalue weighted by Crippen LogP contribution is 2.66. The summed E-state index contributed by atoms with van der Waals surface area (Å²) in [6.07, 6.45) is 5.84.